The Morgan fingerprint density at radius 1 is 1.59 bits per heavy atom. The Bertz CT molecular complexity index is 571. The highest BCUT2D eigenvalue weighted by Crippen LogP contribution is 2.53. The molecule has 0 amide bonds. The van der Waals surface area contributed by atoms with E-state index in [-0.39, 0.29) is 17.0 Å². The zero-order valence-corrected chi connectivity index (χ0v) is 11.0. The van der Waals surface area contributed by atoms with Crippen LogP contribution in [0.2, 0.25) is 0 Å². The van der Waals surface area contributed by atoms with E-state index in [1.54, 1.807) is 13.8 Å². The minimum absolute atomic E-state index is 0.0321. The van der Waals surface area contributed by atoms with Crippen molar-refractivity contribution in [3.05, 3.63) is 27.2 Å². The van der Waals surface area contributed by atoms with E-state index >= 15 is 0 Å². The summed E-state index contributed by atoms with van der Waals surface area (Å²) in [5.74, 6) is 0.0321. The Hall–Kier alpha value is -1.05. The molecule has 1 aliphatic rings. The maximum atomic E-state index is 11.9. The lowest BCUT2D eigenvalue weighted by Crippen LogP contribution is -2.28. The molecular formula is C11H11Cl2N3O. The third-order valence-electron chi connectivity index (χ3n) is 3.10. The molecule has 1 atom stereocenters. The topological polar surface area (TPSA) is 58.7 Å². The predicted molar refractivity (Wildman–Crippen MR) is 65.2 cm³/mol. The van der Waals surface area contributed by atoms with Gasteiger partial charge in [0.05, 0.1) is 12.2 Å². The largest absolute Gasteiger partial charge is 0.284 e. The van der Waals surface area contributed by atoms with Crippen LogP contribution in [0.3, 0.4) is 0 Å². The highest BCUT2D eigenvalue weighted by atomic mass is 35.5. The summed E-state index contributed by atoms with van der Waals surface area (Å²) in [6.07, 6.45) is 0.652. The molecule has 0 unspecified atom stereocenters. The molecule has 1 aromatic heterocycles. The SMILES string of the molecule is Cc1nn(C[C@@H]2CC2(Cl)Cl)c(=O)c(C#N)c1C. The monoisotopic (exact) mass is 271 g/mol. The van der Waals surface area contributed by atoms with Crippen molar-refractivity contribution >= 4 is 23.2 Å². The lowest BCUT2D eigenvalue weighted by molar-refractivity contribution is 0.522. The summed E-state index contributed by atoms with van der Waals surface area (Å²) in [7, 11) is 0. The maximum Gasteiger partial charge on any atom is 0.284 e. The molecule has 0 aromatic carbocycles. The molecule has 1 aromatic rings. The Morgan fingerprint density at radius 2 is 2.18 bits per heavy atom. The van der Waals surface area contributed by atoms with Crippen LogP contribution in [0.1, 0.15) is 23.2 Å². The Labute approximate surface area is 109 Å². The van der Waals surface area contributed by atoms with E-state index in [4.69, 9.17) is 28.5 Å². The molecule has 1 fully saturated rings. The summed E-state index contributed by atoms with van der Waals surface area (Å²) in [5, 5.41) is 13.1. The van der Waals surface area contributed by atoms with Crippen LogP contribution >= 0.6 is 23.2 Å². The van der Waals surface area contributed by atoms with Crippen LogP contribution in [0.4, 0.5) is 0 Å². The zero-order valence-electron chi connectivity index (χ0n) is 9.50. The molecule has 0 bridgehead atoms. The summed E-state index contributed by atoms with van der Waals surface area (Å²) in [5.41, 5.74) is 1.09. The number of aryl methyl sites for hydroxylation is 1. The number of hydrogen-bond acceptors (Lipinski definition) is 3. The molecule has 90 valence electrons. The Morgan fingerprint density at radius 3 is 2.65 bits per heavy atom. The van der Waals surface area contributed by atoms with E-state index in [1.807, 2.05) is 6.07 Å². The highest BCUT2D eigenvalue weighted by molar-refractivity contribution is 6.50. The maximum absolute atomic E-state index is 11.9. The van der Waals surface area contributed by atoms with Gasteiger partial charge in [-0.2, -0.15) is 10.4 Å². The average molecular weight is 272 g/mol. The Balaban J connectivity index is 2.40. The summed E-state index contributed by atoms with van der Waals surface area (Å²) < 4.78 is 0.546. The number of hydrogen-bond donors (Lipinski definition) is 0. The number of nitriles is 1. The number of nitrogens with zero attached hydrogens (tertiary/aromatic N) is 3. The molecule has 1 heterocycles. The first kappa shape index (κ1) is 12.4. The predicted octanol–water partition coefficient (Wildman–Crippen LogP) is 1.93. The Kier molecular flexibility index (Phi) is 2.92. The molecule has 2 rings (SSSR count). The van der Waals surface area contributed by atoms with Gasteiger partial charge in [-0.1, -0.05) is 0 Å². The lowest BCUT2D eigenvalue weighted by atomic mass is 10.1. The van der Waals surface area contributed by atoms with Crippen LogP contribution in [-0.4, -0.2) is 14.1 Å². The standard InChI is InChI=1S/C11H11Cl2N3O/c1-6-7(2)15-16(10(17)9(6)4-14)5-8-3-11(8,12)13/h8H,3,5H2,1-2H3/t8-/m0/s1. The minimum atomic E-state index is -0.743. The molecule has 4 nitrogen and oxygen atoms in total. The van der Waals surface area contributed by atoms with Crippen molar-refractivity contribution in [1.82, 2.24) is 9.78 Å². The van der Waals surface area contributed by atoms with E-state index in [9.17, 15) is 4.79 Å². The van der Waals surface area contributed by atoms with Gasteiger partial charge in [0.2, 0.25) is 0 Å². The fraction of sp³-hybridized carbons (Fsp3) is 0.545. The zero-order chi connectivity index (χ0) is 12.8. The van der Waals surface area contributed by atoms with Gasteiger partial charge in [-0.3, -0.25) is 4.79 Å². The first-order valence-corrected chi connectivity index (χ1v) is 5.98. The van der Waals surface area contributed by atoms with Gasteiger partial charge in [-0.25, -0.2) is 4.68 Å². The van der Waals surface area contributed by atoms with Crippen molar-refractivity contribution in [1.29, 1.82) is 5.26 Å². The molecule has 0 N–H and O–H groups in total. The van der Waals surface area contributed by atoms with E-state index in [2.05, 4.69) is 5.10 Å². The fourth-order valence-corrected chi connectivity index (χ4v) is 2.21. The number of rotatable bonds is 2. The number of halogens is 2. The second-order valence-electron chi connectivity index (χ2n) is 4.35. The van der Waals surface area contributed by atoms with Gasteiger partial charge in [0.15, 0.2) is 0 Å². The van der Waals surface area contributed by atoms with E-state index < -0.39 is 4.33 Å². The van der Waals surface area contributed by atoms with Gasteiger partial charge >= 0.3 is 0 Å². The van der Waals surface area contributed by atoms with Crippen LogP contribution in [0.5, 0.6) is 0 Å². The van der Waals surface area contributed by atoms with Crippen molar-refractivity contribution in [2.75, 3.05) is 0 Å². The third kappa shape index (κ3) is 2.18. The molecule has 0 spiro atoms. The molecule has 1 aliphatic carbocycles. The quantitative estimate of drug-likeness (QED) is 0.773. The van der Waals surface area contributed by atoms with Gasteiger partial charge in [0.1, 0.15) is 16.0 Å². The van der Waals surface area contributed by atoms with Gasteiger partial charge in [0.25, 0.3) is 5.56 Å². The van der Waals surface area contributed by atoms with Gasteiger partial charge < -0.3 is 0 Å². The van der Waals surface area contributed by atoms with Crippen molar-refractivity contribution in [2.45, 2.75) is 31.1 Å². The molecule has 6 heteroatoms. The van der Waals surface area contributed by atoms with Gasteiger partial charge in [-0.15, -0.1) is 23.2 Å². The van der Waals surface area contributed by atoms with Crippen LogP contribution in [0, 0.1) is 31.1 Å². The second kappa shape index (κ2) is 4.01. The summed E-state index contributed by atoms with van der Waals surface area (Å²) in [6.45, 7) is 3.85. The normalized spacial score (nSPS) is 21.0. The van der Waals surface area contributed by atoms with Crippen LogP contribution in [0.15, 0.2) is 4.79 Å². The summed E-state index contributed by atoms with van der Waals surface area (Å²) >= 11 is 11.8. The van der Waals surface area contributed by atoms with Crippen LogP contribution in [-0.2, 0) is 6.54 Å². The van der Waals surface area contributed by atoms with Crippen molar-refractivity contribution in [3.8, 4) is 6.07 Å². The van der Waals surface area contributed by atoms with Crippen molar-refractivity contribution in [3.63, 3.8) is 0 Å². The second-order valence-corrected chi connectivity index (χ2v) is 5.89. The first-order chi connectivity index (χ1) is 7.86. The number of aromatic nitrogens is 2. The van der Waals surface area contributed by atoms with Crippen molar-refractivity contribution < 1.29 is 0 Å². The lowest BCUT2D eigenvalue weighted by Gasteiger charge is -2.08. The van der Waals surface area contributed by atoms with Crippen LogP contribution < -0.4 is 5.56 Å². The molecule has 0 saturated heterocycles. The smallest absolute Gasteiger partial charge is 0.266 e. The molecule has 0 radical (unpaired) electrons. The fourth-order valence-electron chi connectivity index (χ4n) is 1.70. The summed E-state index contributed by atoms with van der Waals surface area (Å²) in [4.78, 5) is 11.9. The minimum Gasteiger partial charge on any atom is -0.266 e. The molecule has 1 saturated carbocycles. The molecule has 0 aliphatic heterocycles. The highest BCUT2D eigenvalue weighted by Gasteiger charge is 2.51. The number of alkyl halides is 2. The van der Waals surface area contributed by atoms with E-state index in [1.165, 1.54) is 4.68 Å². The van der Waals surface area contributed by atoms with Crippen LogP contribution in [0.25, 0.3) is 0 Å². The first-order valence-electron chi connectivity index (χ1n) is 5.23. The third-order valence-corrected chi connectivity index (χ3v) is 4.02. The molecule has 17 heavy (non-hydrogen) atoms. The van der Waals surface area contributed by atoms with Gasteiger partial charge in [-0.05, 0) is 25.8 Å². The van der Waals surface area contributed by atoms with E-state index in [0.29, 0.717) is 24.2 Å². The summed E-state index contributed by atoms with van der Waals surface area (Å²) in [6, 6.07) is 1.92. The van der Waals surface area contributed by atoms with Gasteiger partial charge in [0, 0.05) is 5.92 Å². The van der Waals surface area contributed by atoms with E-state index in [0.717, 1.165) is 0 Å². The molecular weight excluding hydrogens is 261 g/mol. The van der Waals surface area contributed by atoms with Crippen molar-refractivity contribution in [2.24, 2.45) is 5.92 Å². The average Bonchev–Trinajstić information content (AvgIpc) is 2.83.